The van der Waals surface area contributed by atoms with Crippen molar-refractivity contribution in [3.63, 3.8) is 0 Å². The Kier molecular flexibility index (Phi) is 6.70. The van der Waals surface area contributed by atoms with Crippen LogP contribution in [0.3, 0.4) is 0 Å². The van der Waals surface area contributed by atoms with Crippen molar-refractivity contribution in [2.45, 2.75) is 37.0 Å². The van der Waals surface area contributed by atoms with Crippen molar-refractivity contribution in [3.05, 3.63) is 0 Å². The van der Waals surface area contributed by atoms with Crippen molar-refractivity contribution in [3.8, 4) is 0 Å². The summed E-state index contributed by atoms with van der Waals surface area (Å²) < 4.78 is 0. The van der Waals surface area contributed by atoms with E-state index in [4.69, 9.17) is 5.11 Å². The zero-order valence-electron chi connectivity index (χ0n) is 14.5. The summed E-state index contributed by atoms with van der Waals surface area (Å²) in [5, 5.41) is 46.2. The van der Waals surface area contributed by atoms with Crippen molar-refractivity contribution >= 4 is 23.9 Å². The SMILES string of the molecule is O=C(O)CN(C1C[C@@H](C(=O)O)N(CO)C1)C1C[C@@H](C(=O)O)N(CC(=O)O)C1. The topological polar surface area (TPSA) is 179 Å². The van der Waals surface area contributed by atoms with E-state index in [9.17, 15) is 39.6 Å². The Morgan fingerprint density at radius 2 is 1.30 bits per heavy atom. The third-order valence-corrected chi connectivity index (χ3v) is 5.11. The number of carbonyl (C=O) groups is 4. The summed E-state index contributed by atoms with van der Waals surface area (Å²) in [7, 11) is 0. The Hall–Kier alpha value is -2.28. The highest BCUT2D eigenvalue weighted by Gasteiger charge is 2.46. The van der Waals surface area contributed by atoms with Crippen molar-refractivity contribution in [1.29, 1.82) is 0 Å². The number of carboxylic acids is 4. The number of aliphatic carboxylic acids is 4. The van der Waals surface area contributed by atoms with Crippen LogP contribution < -0.4 is 0 Å². The highest BCUT2D eigenvalue weighted by molar-refractivity contribution is 5.76. The lowest BCUT2D eigenvalue weighted by Gasteiger charge is -2.32. The third-order valence-electron chi connectivity index (χ3n) is 5.11. The molecular formula is C15H23N3O9. The number of aliphatic hydroxyl groups is 1. The summed E-state index contributed by atoms with van der Waals surface area (Å²) in [5.41, 5.74) is 0. The second kappa shape index (κ2) is 8.61. The standard InChI is InChI=1S/C15H23N3O9/c19-7-17-4-9(2-11(17)15(26)27)18(6-13(22)23)8-1-10(14(24)25)16(3-8)5-12(20)21/h8-11,19H,1-7H2,(H,20,21)(H,22,23)(H,24,25)(H,26,27)/t8?,9?,10-,11-/m0/s1. The lowest BCUT2D eigenvalue weighted by atomic mass is 10.1. The normalized spacial score (nSPS) is 29.3. The molecule has 5 N–H and O–H groups in total. The summed E-state index contributed by atoms with van der Waals surface area (Å²) in [4.78, 5) is 49.2. The molecule has 0 aromatic heterocycles. The molecule has 2 rings (SSSR count). The minimum absolute atomic E-state index is 0.0310. The van der Waals surface area contributed by atoms with Gasteiger partial charge in [0.2, 0.25) is 0 Å². The first kappa shape index (κ1) is 21.0. The van der Waals surface area contributed by atoms with E-state index in [2.05, 4.69) is 0 Å². The van der Waals surface area contributed by atoms with Gasteiger partial charge in [0.25, 0.3) is 0 Å². The Morgan fingerprint density at radius 1 is 0.815 bits per heavy atom. The van der Waals surface area contributed by atoms with Crippen LogP contribution in [0.25, 0.3) is 0 Å². The van der Waals surface area contributed by atoms with Gasteiger partial charge in [0.1, 0.15) is 12.1 Å². The van der Waals surface area contributed by atoms with Gasteiger partial charge >= 0.3 is 23.9 Å². The largest absolute Gasteiger partial charge is 0.480 e. The van der Waals surface area contributed by atoms with Crippen molar-refractivity contribution in [1.82, 2.24) is 14.7 Å². The van der Waals surface area contributed by atoms with Crippen molar-refractivity contribution < 1.29 is 44.7 Å². The molecule has 2 fully saturated rings. The molecule has 0 radical (unpaired) electrons. The smallest absolute Gasteiger partial charge is 0.321 e. The van der Waals surface area contributed by atoms with Gasteiger partial charge in [-0.1, -0.05) is 0 Å². The second-order valence-electron chi connectivity index (χ2n) is 6.79. The highest BCUT2D eigenvalue weighted by atomic mass is 16.4. The maximum Gasteiger partial charge on any atom is 0.321 e. The van der Waals surface area contributed by atoms with Gasteiger partial charge in [0.15, 0.2) is 0 Å². The summed E-state index contributed by atoms with van der Waals surface area (Å²) >= 11 is 0. The van der Waals surface area contributed by atoms with E-state index in [0.717, 1.165) is 0 Å². The van der Waals surface area contributed by atoms with Crippen LogP contribution in [0, 0.1) is 0 Å². The monoisotopic (exact) mass is 389 g/mol. The van der Waals surface area contributed by atoms with E-state index in [0.29, 0.717) is 0 Å². The molecule has 0 amide bonds. The molecule has 0 saturated carbocycles. The fourth-order valence-electron chi connectivity index (χ4n) is 3.97. The molecule has 2 saturated heterocycles. The van der Waals surface area contributed by atoms with Gasteiger partial charge in [-0.2, -0.15) is 0 Å². The Labute approximate surface area is 154 Å². The molecule has 2 aliphatic heterocycles. The van der Waals surface area contributed by atoms with Gasteiger partial charge in [-0.15, -0.1) is 0 Å². The van der Waals surface area contributed by atoms with Crippen molar-refractivity contribution in [2.24, 2.45) is 0 Å². The number of nitrogens with zero attached hydrogens (tertiary/aromatic N) is 3. The van der Waals surface area contributed by atoms with Crippen LogP contribution in [-0.4, -0.2) is 121 Å². The van der Waals surface area contributed by atoms with E-state index < -0.39 is 67.9 Å². The summed E-state index contributed by atoms with van der Waals surface area (Å²) in [6, 6.07) is -3.10. The van der Waals surface area contributed by atoms with Crippen LogP contribution in [0.15, 0.2) is 0 Å². The zero-order chi connectivity index (χ0) is 20.3. The number of hydrogen-bond acceptors (Lipinski definition) is 8. The predicted molar refractivity (Wildman–Crippen MR) is 87.0 cm³/mol. The third kappa shape index (κ3) is 4.91. The van der Waals surface area contributed by atoms with E-state index in [1.165, 1.54) is 14.7 Å². The molecule has 2 aliphatic rings. The van der Waals surface area contributed by atoms with Crippen LogP contribution in [-0.2, 0) is 19.2 Å². The Balaban J connectivity index is 2.21. The molecule has 12 nitrogen and oxygen atoms in total. The minimum atomic E-state index is -1.19. The highest BCUT2D eigenvalue weighted by Crippen LogP contribution is 2.29. The van der Waals surface area contributed by atoms with E-state index >= 15 is 0 Å². The molecule has 12 heteroatoms. The number of rotatable bonds is 9. The molecule has 2 unspecified atom stereocenters. The van der Waals surface area contributed by atoms with Crippen LogP contribution in [0.2, 0.25) is 0 Å². The average molecular weight is 389 g/mol. The van der Waals surface area contributed by atoms with E-state index in [1.54, 1.807) is 0 Å². The zero-order valence-corrected chi connectivity index (χ0v) is 14.5. The first-order valence-corrected chi connectivity index (χ1v) is 8.38. The first-order chi connectivity index (χ1) is 12.6. The lowest BCUT2D eigenvalue weighted by Crippen LogP contribution is -2.48. The molecular weight excluding hydrogens is 366 g/mol. The summed E-state index contributed by atoms with van der Waals surface area (Å²) in [6.07, 6.45) is 0.111. The maximum atomic E-state index is 11.5. The first-order valence-electron chi connectivity index (χ1n) is 8.38. The molecule has 0 aromatic carbocycles. The second-order valence-corrected chi connectivity index (χ2v) is 6.79. The molecule has 0 aromatic rings. The fraction of sp³-hybridized carbons (Fsp3) is 0.733. The quantitative estimate of drug-likeness (QED) is 0.279. The van der Waals surface area contributed by atoms with Crippen LogP contribution >= 0.6 is 0 Å². The molecule has 0 bridgehead atoms. The number of aliphatic hydroxyl groups excluding tert-OH is 1. The minimum Gasteiger partial charge on any atom is -0.480 e. The maximum absolute atomic E-state index is 11.5. The molecule has 152 valence electrons. The molecule has 27 heavy (non-hydrogen) atoms. The van der Waals surface area contributed by atoms with Gasteiger partial charge in [-0.3, -0.25) is 33.9 Å². The van der Waals surface area contributed by atoms with Crippen LogP contribution in [0.4, 0.5) is 0 Å². The lowest BCUT2D eigenvalue weighted by molar-refractivity contribution is -0.145. The number of hydrogen-bond donors (Lipinski definition) is 5. The van der Waals surface area contributed by atoms with Gasteiger partial charge in [0, 0.05) is 25.2 Å². The van der Waals surface area contributed by atoms with Gasteiger partial charge in [-0.05, 0) is 12.8 Å². The van der Waals surface area contributed by atoms with Gasteiger partial charge in [0.05, 0.1) is 19.8 Å². The predicted octanol–water partition coefficient (Wildman–Crippen LogP) is -2.54. The van der Waals surface area contributed by atoms with E-state index in [1.807, 2.05) is 0 Å². The fourth-order valence-corrected chi connectivity index (χ4v) is 3.97. The summed E-state index contributed by atoms with van der Waals surface area (Å²) in [5.74, 6) is -4.68. The molecule has 0 aliphatic carbocycles. The number of carboxylic acid groups (broad SMARTS) is 4. The molecule has 2 heterocycles. The Bertz CT molecular complexity index is 613. The van der Waals surface area contributed by atoms with Gasteiger partial charge < -0.3 is 25.5 Å². The average Bonchev–Trinajstić information content (AvgIpc) is 3.16. The van der Waals surface area contributed by atoms with E-state index in [-0.39, 0.29) is 25.9 Å². The molecule has 0 spiro atoms. The summed E-state index contributed by atoms with van der Waals surface area (Å²) in [6.45, 7) is -1.26. The van der Waals surface area contributed by atoms with Gasteiger partial charge in [-0.25, -0.2) is 0 Å². The molecule has 4 atom stereocenters. The Morgan fingerprint density at radius 3 is 1.67 bits per heavy atom. The number of likely N-dealkylation sites (tertiary alicyclic amines) is 2. The van der Waals surface area contributed by atoms with Crippen molar-refractivity contribution in [2.75, 3.05) is 32.9 Å². The van der Waals surface area contributed by atoms with Crippen LogP contribution in [0.1, 0.15) is 12.8 Å². The van der Waals surface area contributed by atoms with Crippen LogP contribution in [0.5, 0.6) is 0 Å².